The summed E-state index contributed by atoms with van der Waals surface area (Å²) in [7, 11) is 1.91. The number of aliphatic hydroxyl groups excluding tert-OH is 3. The van der Waals surface area contributed by atoms with Crippen LogP contribution in [0.5, 0.6) is 0 Å². The van der Waals surface area contributed by atoms with E-state index in [1.54, 1.807) is 32.6 Å². The first-order valence-corrected chi connectivity index (χ1v) is 29.2. The molecule has 2 saturated heterocycles. The number of aliphatic hydroxyl groups is 5. The second kappa shape index (κ2) is 27.5. The topological polar surface area (TPSA) is 169 Å². The number of amides is 1. The van der Waals surface area contributed by atoms with E-state index in [1.807, 2.05) is 32.8 Å². The molecule has 5 N–H and O–H groups in total. The molecule has 72 heavy (non-hydrogen) atoms. The number of carbonyl (C=O) groups excluding carboxylic acids is 2. The molecule has 3 aromatic rings. The Balaban J connectivity index is 1.21. The van der Waals surface area contributed by atoms with Crippen LogP contribution in [0.25, 0.3) is 0 Å². The number of cyclic esters (lactones) is 1. The number of hydrogen-bond acceptors (Lipinski definition) is 11. The van der Waals surface area contributed by atoms with Crippen molar-refractivity contribution in [3.05, 3.63) is 91.0 Å². The molecular weight excluding hydrogens is 928 g/mol. The van der Waals surface area contributed by atoms with Gasteiger partial charge in [-0.05, 0) is 130 Å². The molecule has 1 amide bonds. The summed E-state index contributed by atoms with van der Waals surface area (Å²) in [5.74, 6) is -3.32. The van der Waals surface area contributed by atoms with Crippen LogP contribution in [0.4, 0.5) is 0 Å². The third kappa shape index (κ3) is 15.0. The first kappa shape index (κ1) is 59.6. The van der Waals surface area contributed by atoms with Gasteiger partial charge < -0.3 is 49.5 Å². The molecule has 402 valence electrons. The van der Waals surface area contributed by atoms with E-state index in [2.05, 4.69) is 91.0 Å². The van der Waals surface area contributed by atoms with Crippen molar-refractivity contribution in [1.29, 1.82) is 0 Å². The van der Waals surface area contributed by atoms with Gasteiger partial charge in [0.05, 0.1) is 42.0 Å². The van der Waals surface area contributed by atoms with Crippen LogP contribution in [0.1, 0.15) is 139 Å². The number of esters is 1. The van der Waals surface area contributed by atoms with Crippen molar-refractivity contribution in [2.45, 2.75) is 205 Å². The van der Waals surface area contributed by atoms with Gasteiger partial charge in [-0.2, -0.15) is 0 Å². The lowest BCUT2D eigenvalue weighted by Gasteiger charge is -2.46. The Kier molecular flexibility index (Phi) is 22.7. The van der Waals surface area contributed by atoms with Gasteiger partial charge in [0.25, 0.3) is 0 Å². The van der Waals surface area contributed by atoms with Crippen LogP contribution in [0.15, 0.2) is 91.0 Å². The van der Waals surface area contributed by atoms with E-state index in [4.69, 9.17) is 14.2 Å². The molecule has 0 spiro atoms. The van der Waals surface area contributed by atoms with Gasteiger partial charge in [0, 0.05) is 24.9 Å². The summed E-state index contributed by atoms with van der Waals surface area (Å²) in [6.07, 6.45) is 3.97. The Morgan fingerprint density at radius 2 is 1.24 bits per heavy atom. The Hall–Kier alpha value is -3.29. The molecule has 13 heteroatoms. The van der Waals surface area contributed by atoms with Gasteiger partial charge in [-0.15, -0.1) is 0 Å². The summed E-state index contributed by atoms with van der Waals surface area (Å²) >= 11 is 0. The van der Waals surface area contributed by atoms with Gasteiger partial charge in [-0.25, -0.2) is 0 Å². The maximum absolute atomic E-state index is 14.3. The minimum Gasteiger partial charge on any atom is -0.459 e. The van der Waals surface area contributed by atoms with Crippen LogP contribution in [-0.4, -0.2) is 140 Å². The van der Waals surface area contributed by atoms with Crippen molar-refractivity contribution < 1.29 is 49.3 Å². The molecule has 2 aliphatic heterocycles. The number of unbranched alkanes of at least 4 members (excludes halogenated alkanes) is 8. The Labute approximate surface area is 433 Å². The highest BCUT2D eigenvalue weighted by Gasteiger charge is 2.51. The molecule has 0 radical (unpaired) electrons. The Morgan fingerprint density at radius 1 is 0.750 bits per heavy atom. The number of likely N-dealkylation sites (N-methyl/N-ethyl adjacent to an activating group) is 1. The van der Waals surface area contributed by atoms with Crippen LogP contribution in [0, 0.1) is 17.8 Å². The monoisotopic (exact) mass is 1020 g/mol. The van der Waals surface area contributed by atoms with E-state index >= 15 is 0 Å². The highest BCUT2D eigenvalue weighted by Crippen LogP contribution is 2.56. The molecule has 0 aromatic heterocycles. The smallest absolute Gasteiger partial charge is 0.311 e. The number of hydrogen-bond donors (Lipinski definition) is 5. The molecular formula is C59H92N2O10P+. The van der Waals surface area contributed by atoms with Gasteiger partial charge in [-0.1, -0.05) is 114 Å². The Bertz CT molecular complexity index is 1960. The molecule has 2 fully saturated rings. The molecule has 0 bridgehead atoms. The lowest BCUT2D eigenvalue weighted by Crippen LogP contribution is -2.60. The quantitative estimate of drug-likeness (QED) is 0.0452. The maximum atomic E-state index is 14.3. The second-order valence-electron chi connectivity index (χ2n) is 22.2. The number of nitrogens with zero attached hydrogens (tertiary/aromatic N) is 2. The van der Waals surface area contributed by atoms with E-state index in [1.165, 1.54) is 42.6 Å². The normalized spacial score (nSPS) is 32.4. The highest BCUT2D eigenvalue weighted by atomic mass is 31.2. The van der Waals surface area contributed by atoms with E-state index in [9.17, 15) is 35.1 Å². The minimum atomic E-state index is -1.95. The SMILES string of the molecule is CC[C@H]1OC(=O)[C@H](C)[C@@H](O)[C@H](C)[C@@H](O[C@@H]2O[C@H](C)C[C@H](N(C)C)[C@H]2O)[C@](C)(O)C[C@@H](C)CN(C(=O)CCCCCCCCCCC[P+](c2ccccc2)(c2ccccc2)c2ccccc2)[C@H](C)[C@@H](O)[C@]1(C)O. The summed E-state index contributed by atoms with van der Waals surface area (Å²) in [5, 5.41) is 63.8. The van der Waals surface area contributed by atoms with Gasteiger partial charge in [-0.3, -0.25) is 9.59 Å². The van der Waals surface area contributed by atoms with Crippen LogP contribution >= 0.6 is 7.26 Å². The first-order chi connectivity index (χ1) is 34.2. The number of ether oxygens (including phenoxy) is 3. The zero-order valence-electron chi connectivity index (χ0n) is 45.3. The van der Waals surface area contributed by atoms with Crippen LogP contribution in [-0.2, 0) is 23.8 Å². The van der Waals surface area contributed by atoms with E-state index in [-0.39, 0.29) is 49.8 Å². The van der Waals surface area contributed by atoms with Gasteiger partial charge in [0.2, 0.25) is 5.91 Å². The third-order valence-electron chi connectivity index (χ3n) is 16.0. The molecule has 12 nitrogen and oxygen atoms in total. The van der Waals surface area contributed by atoms with Crippen molar-refractivity contribution in [2.75, 3.05) is 26.8 Å². The number of rotatable bonds is 19. The van der Waals surface area contributed by atoms with Crippen molar-refractivity contribution in [2.24, 2.45) is 17.8 Å². The van der Waals surface area contributed by atoms with E-state index < -0.39 is 79.1 Å². The van der Waals surface area contributed by atoms with Crippen LogP contribution in [0.2, 0.25) is 0 Å². The molecule has 5 rings (SSSR count). The van der Waals surface area contributed by atoms with Crippen LogP contribution < -0.4 is 15.9 Å². The lowest BCUT2D eigenvalue weighted by molar-refractivity contribution is -0.299. The summed E-state index contributed by atoms with van der Waals surface area (Å²) < 4.78 is 18.6. The molecule has 3 aromatic carbocycles. The van der Waals surface area contributed by atoms with Crippen molar-refractivity contribution >= 4 is 35.1 Å². The van der Waals surface area contributed by atoms with Gasteiger partial charge in [0.15, 0.2) is 6.29 Å². The molecule has 0 saturated carbocycles. The van der Waals surface area contributed by atoms with Gasteiger partial charge >= 0.3 is 5.97 Å². The molecule has 2 aliphatic rings. The largest absolute Gasteiger partial charge is 0.459 e. The predicted molar refractivity (Wildman–Crippen MR) is 290 cm³/mol. The fourth-order valence-corrected chi connectivity index (χ4v) is 16.1. The summed E-state index contributed by atoms with van der Waals surface area (Å²) in [6.45, 7) is 13.6. The lowest BCUT2D eigenvalue weighted by atomic mass is 9.78. The first-order valence-electron chi connectivity index (χ1n) is 27.2. The average Bonchev–Trinajstić information content (AvgIpc) is 3.36. The summed E-state index contributed by atoms with van der Waals surface area (Å²) in [4.78, 5) is 31.6. The zero-order valence-corrected chi connectivity index (χ0v) is 46.2. The molecule has 2 heterocycles. The minimum absolute atomic E-state index is 0.0963. The number of carbonyl (C=O) groups is 2. The maximum Gasteiger partial charge on any atom is 0.311 e. The van der Waals surface area contributed by atoms with E-state index in [0.717, 1.165) is 44.7 Å². The number of benzene rings is 3. The van der Waals surface area contributed by atoms with Gasteiger partial charge in [0.1, 0.15) is 47.1 Å². The van der Waals surface area contributed by atoms with E-state index in [0.29, 0.717) is 12.8 Å². The fraction of sp³-hybridized carbons (Fsp3) is 0.661. The third-order valence-corrected chi connectivity index (χ3v) is 20.5. The second-order valence-corrected chi connectivity index (χ2v) is 25.8. The fourth-order valence-electron chi connectivity index (χ4n) is 11.7. The molecule has 14 atom stereocenters. The van der Waals surface area contributed by atoms with Crippen molar-refractivity contribution in [1.82, 2.24) is 9.80 Å². The Morgan fingerprint density at radius 3 is 1.72 bits per heavy atom. The summed E-state index contributed by atoms with van der Waals surface area (Å²) in [6, 6.07) is 32.0. The van der Waals surface area contributed by atoms with Crippen molar-refractivity contribution in [3.63, 3.8) is 0 Å². The average molecular weight is 1020 g/mol. The molecule has 0 unspecified atom stereocenters. The standard InChI is InChI=1S/C59H92N2O10P/c1-11-50-59(8,68)54(65)45(6)61(40-41(2)39-58(7,67)55(43(4)52(63)44(5)56(66)70-50)71-57-53(64)49(60(9)10)38-42(3)69-57)51(62)36-28-17-15-13-12-14-16-18-29-37-72(46-30-22-19-23-31-46,47-32-24-20-25-33-47)48-34-26-21-27-35-48/h19-27,30-35,41-45,49-50,52-55,57,63-65,67-68H,11-18,28-29,36-40H2,1-10H3/q+1/t41-,42-,43+,44-,45-,49+,50-,52+,53-,54-,55-,57+,58-,59-/m1/s1. The highest BCUT2D eigenvalue weighted by molar-refractivity contribution is 7.95. The zero-order chi connectivity index (χ0) is 52.8. The summed E-state index contributed by atoms with van der Waals surface area (Å²) in [5.41, 5.74) is -3.61. The predicted octanol–water partition coefficient (Wildman–Crippen LogP) is 7.77. The van der Waals surface area contributed by atoms with Crippen LogP contribution in [0.3, 0.4) is 0 Å². The molecule has 0 aliphatic carbocycles. The van der Waals surface area contributed by atoms with Crippen molar-refractivity contribution in [3.8, 4) is 0 Å².